The largest absolute Gasteiger partial charge is 0.325 e. The zero-order chi connectivity index (χ0) is 18.7. The summed E-state index contributed by atoms with van der Waals surface area (Å²) in [4.78, 5) is 29.1. The van der Waals surface area contributed by atoms with Gasteiger partial charge in [0, 0.05) is 23.4 Å². The Balaban J connectivity index is 1.59. The summed E-state index contributed by atoms with van der Waals surface area (Å²) in [5.74, 6) is 0.331. The van der Waals surface area contributed by atoms with E-state index in [2.05, 4.69) is 15.4 Å². The molecule has 6 nitrogen and oxygen atoms in total. The lowest BCUT2D eigenvalue weighted by molar-refractivity contribution is -0.113. The highest BCUT2D eigenvalue weighted by atomic mass is 32.2. The summed E-state index contributed by atoms with van der Waals surface area (Å²) in [5, 5.41) is 7.83. The molecule has 3 aromatic rings. The summed E-state index contributed by atoms with van der Waals surface area (Å²) in [6.07, 6.45) is 0. The average molecular weight is 392 g/mol. The maximum atomic E-state index is 12.8. The number of hydrogen-bond donors (Lipinski definition) is 1. The van der Waals surface area contributed by atoms with E-state index in [-0.39, 0.29) is 29.0 Å². The molecule has 0 unspecified atom stereocenters. The van der Waals surface area contributed by atoms with Gasteiger partial charge in [-0.3, -0.25) is 9.59 Å². The van der Waals surface area contributed by atoms with Crippen LogP contribution < -0.4 is 10.9 Å². The number of rotatable bonds is 6. The van der Waals surface area contributed by atoms with Gasteiger partial charge in [0.15, 0.2) is 0 Å². The van der Waals surface area contributed by atoms with Crippen LogP contribution in [-0.2, 0) is 10.5 Å². The number of halogens is 1. The predicted octanol–water partition coefficient (Wildman–Crippen LogP) is 3.29. The Bertz CT molecular complexity index is 983. The van der Waals surface area contributed by atoms with Crippen molar-refractivity contribution in [1.29, 1.82) is 0 Å². The van der Waals surface area contributed by atoms with Crippen LogP contribution in [0.15, 0.2) is 35.1 Å². The highest BCUT2D eigenvalue weighted by molar-refractivity contribution is 7.99. The molecule has 1 aromatic carbocycles. The van der Waals surface area contributed by atoms with Gasteiger partial charge >= 0.3 is 0 Å². The average Bonchev–Trinajstić information content (AvgIpc) is 3.02. The Morgan fingerprint density at radius 2 is 2.08 bits per heavy atom. The maximum absolute atomic E-state index is 12.8. The van der Waals surface area contributed by atoms with Crippen LogP contribution in [0.25, 0.3) is 4.96 Å². The summed E-state index contributed by atoms with van der Waals surface area (Å²) in [7, 11) is 0. The number of hydrogen-bond acceptors (Lipinski definition) is 6. The first-order valence-corrected chi connectivity index (χ1v) is 9.92. The van der Waals surface area contributed by atoms with E-state index in [1.54, 1.807) is 0 Å². The molecule has 0 aliphatic carbocycles. The Kier molecular flexibility index (Phi) is 5.67. The fourth-order valence-corrected chi connectivity index (χ4v) is 3.80. The molecule has 0 radical (unpaired) electrons. The van der Waals surface area contributed by atoms with Gasteiger partial charge in [-0.05, 0) is 24.3 Å². The number of carbonyl (C=O) groups excluding carboxylic acids is 1. The minimum absolute atomic E-state index is 0.195. The van der Waals surface area contributed by atoms with E-state index in [9.17, 15) is 14.0 Å². The summed E-state index contributed by atoms with van der Waals surface area (Å²) in [6, 6.07) is 7.03. The van der Waals surface area contributed by atoms with Gasteiger partial charge in [0.1, 0.15) is 10.8 Å². The summed E-state index contributed by atoms with van der Waals surface area (Å²) >= 11 is 2.75. The van der Waals surface area contributed by atoms with Crippen LogP contribution in [0.5, 0.6) is 0 Å². The van der Waals surface area contributed by atoms with Gasteiger partial charge in [-0.1, -0.05) is 25.2 Å². The normalized spacial score (nSPS) is 11.2. The van der Waals surface area contributed by atoms with Crippen LogP contribution in [0.4, 0.5) is 10.1 Å². The van der Waals surface area contributed by atoms with Crippen molar-refractivity contribution in [2.75, 3.05) is 11.1 Å². The van der Waals surface area contributed by atoms with E-state index in [0.717, 1.165) is 5.01 Å². The third-order valence-electron chi connectivity index (χ3n) is 3.42. The van der Waals surface area contributed by atoms with Crippen molar-refractivity contribution in [3.05, 3.63) is 57.2 Å². The minimum atomic E-state index is -0.353. The molecule has 1 N–H and O–H groups in total. The van der Waals surface area contributed by atoms with Gasteiger partial charge in [0.2, 0.25) is 10.9 Å². The second-order valence-electron chi connectivity index (χ2n) is 5.92. The van der Waals surface area contributed by atoms with E-state index in [4.69, 9.17) is 0 Å². The number of amides is 1. The number of thioether (sulfide) groups is 1. The van der Waals surface area contributed by atoms with Gasteiger partial charge in [-0.25, -0.2) is 9.37 Å². The number of nitrogens with one attached hydrogen (secondary N) is 1. The molecule has 0 spiro atoms. The summed E-state index contributed by atoms with van der Waals surface area (Å²) < 4.78 is 14.2. The number of nitrogens with zero attached hydrogens (tertiary/aromatic N) is 3. The third-order valence-corrected chi connectivity index (χ3v) is 5.59. The Morgan fingerprint density at radius 3 is 2.77 bits per heavy atom. The molecule has 0 saturated heterocycles. The van der Waals surface area contributed by atoms with Crippen LogP contribution in [0.1, 0.15) is 30.5 Å². The molecule has 26 heavy (non-hydrogen) atoms. The van der Waals surface area contributed by atoms with Crippen molar-refractivity contribution in [2.24, 2.45) is 0 Å². The van der Waals surface area contributed by atoms with Crippen molar-refractivity contribution in [3.8, 4) is 0 Å². The summed E-state index contributed by atoms with van der Waals surface area (Å²) in [6.45, 7) is 4.03. The van der Waals surface area contributed by atoms with Crippen molar-refractivity contribution in [2.45, 2.75) is 25.5 Å². The van der Waals surface area contributed by atoms with Crippen LogP contribution in [0, 0.1) is 5.82 Å². The zero-order valence-corrected chi connectivity index (χ0v) is 15.9. The Hall–Kier alpha value is -2.26. The first kappa shape index (κ1) is 18.5. The molecule has 3 rings (SSSR count). The van der Waals surface area contributed by atoms with E-state index < -0.39 is 0 Å². The molecule has 2 aromatic heterocycles. The number of anilines is 1. The second-order valence-corrected chi connectivity index (χ2v) is 7.90. The van der Waals surface area contributed by atoms with Gasteiger partial charge in [0.25, 0.3) is 5.56 Å². The molecule has 1 amide bonds. The van der Waals surface area contributed by atoms with Crippen LogP contribution in [0.3, 0.4) is 0 Å². The van der Waals surface area contributed by atoms with Gasteiger partial charge in [0.05, 0.1) is 11.4 Å². The molecule has 136 valence electrons. The molecule has 0 bridgehead atoms. The molecule has 0 atom stereocenters. The van der Waals surface area contributed by atoms with Crippen molar-refractivity contribution < 1.29 is 9.18 Å². The van der Waals surface area contributed by atoms with Gasteiger partial charge in [-0.2, -0.15) is 9.61 Å². The lowest BCUT2D eigenvalue weighted by Gasteiger charge is -2.05. The van der Waals surface area contributed by atoms with Crippen LogP contribution in [-0.4, -0.2) is 26.3 Å². The molecule has 0 fully saturated rings. The lowest BCUT2D eigenvalue weighted by atomic mass is 10.2. The van der Waals surface area contributed by atoms with E-state index >= 15 is 0 Å². The number of benzene rings is 1. The lowest BCUT2D eigenvalue weighted by Crippen LogP contribution is -2.16. The highest BCUT2D eigenvalue weighted by Crippen LogP contribution is 2.20. The minimum Gasteiger partial charge on any atom is -0.325 e. The smallest absolute Gasteiger partial charge is 0.275 e. The maximum Gasteiger partial charge on any atom is 0.275 e. The Labute approximate surface area is 157 Å². The van der Waals surface area contributed by atoms with E-state index in [1.807, 2.05) is 13.8 Å². The SMILES string of the molecule is CC(C)c1nn2c(=O)cc(CSCC(=O)Nc3ccc(F)cc3)nc2s1. The van der Waals surface area contributed by atoms with Crippen molar-refractivity contribution in [3.63, 3.8) is 0 Å². The molecular weight excluding hydrogens is 375 g/mol. The first-order valence-electron chi connectivity index (χ1n) is 7.95. The van der Waals surface area contributed by atoms with E-state index in [0.29, 0.717) is 22.1 Å². The number of aromatic nitrogens is 3. The van der Waals surface area contributed by atoms with Crippen LogP contribution >= 0.6 is 23.1 Å². The fraction of sp³-hybridized carbons (Fsp3) is 0.294. The first-order chi connectivity index (χ1) is 12.4. The standard InChI is InChI=1S/C17H17FN4O2S2/c1-10(2)16-21-22-15(24)7-13(20-17(22)26-16)8-25-9-14(23)19-12-5-3-11(18)4-6-12/h3-7,10H,8-9H2,1-2H3,(H,19,23). The molecule has 0 saturated carbocycles. The predicted molar refractivity (Wildman–Crippen MR) is 102 cm³/mol. The quantitative estimate of drug-likeness (QED) is 0.697. The third kappa shape index (κ3) is 4.47. The topological polar surface area (TPSA) is 76.4 Å². The number of carbonyl (C=O) groups is 1. The van der Waals surface area contributed by atoms with Crippen LogP contribution in [0.2, 0.25) is 0 Å². The van der Waals surface area contributed by atoms with E-state index in [1.165, 1.54) is 57.9 Å². The Morgan fingerprint density at radius 1 is 1.35 bits per heavy atom. The fourth-order valence-electron chi connectivity index (χ4n) is 2.16. The molecular formula is C17H17FN4O2S2. The molecule has 0 aliphatic rings. The van der Waals surface area contributed by atoms with Gasteiger partial charge in [-0.15, -0.1) is 11.8 Å². The highest BCUT2D eigenvalue weighted by Gasteiger charge is 2.12. The molecule has 9 heteroatoms. The van der Waals surface area contributed by atoms with Crippen molar-refractivity contribution in [1.82, 2.24) is 14.6 Å². The van der Waals surface area contributed by atoms with Gasteiger partial charge < -0.3 is 5.32 Å². The zero-order valence-electron chi connectivity index (χ0n) is 14.2. The summed E-state index contributed by atoms with van der Waals surface area (Å²) in [5.41, 5.74) is 0.943. The molecule has 2 heterocycles. The monoisotopic (exact) mass is 392 g/mol. The van der Waals surface area contributed by atoms with Crippen molar-refractivity contribution >= 4 is 39.7 Å². The number of fused-ring (bicyclic) bond motifs is 1. The molecule has 0 aliphatic heterocycles. The second kappa shape index (κ2) is 7.96.